The molecule has 0 atom stereocenters. The van der Waals surface area contributed by atoms with Gasteiger partial charge in [-0.2, -0.15) is 5.10 Å². The van der Waals surface area contributed by atoms with Crippen LogP contribution in [0.1, 0.15) is 17.0 Å². The minimum Gasteiger partial charge on any atom is -0.398 e. The van der Waals surface area contributed by atoms with Crippen LogP contribution >= 0.6 is 0 Å². The van der Waals surface area contributed by atoms with E-state index in [1.54, 1.807) is 0 Å². The van der Waals surface area contributed by atoms with Gasteiger partial charge in [-0.25, -0.2) is 0 Å². The Morgan fingerprint density at radius 2 is 1.88 bits per heavy atom. The normalized spacial score (nSPS) is 10.8. The van der Waals surface area contributed by atoms with Crippen LogP contribution in [0.2, 0.25) is 0 Å². The third kappa shape index (κ3) is 1.48. The molecule has 1 heterocycles. The van der Waals surface area contributed by atoms with E-state index in [9.17, 15) is 0 Å². The van der Waals surface area contributed by atoms with E-state index in [1.165, 1.54) is 16.8 Å². The monoisotopic (exact) mass is 215 g/mol. The molecule has 84 valence electrons. The number of benzene rings is 1. The Hall–Kier alpha value is -1.77. The zero-order chi connectivity index (χ0) is 11.9. The number of aryl methyl sites for hydroxylation is 2. The summed E-state index contributed by atoms with van der Waals surface area (Å²) < 4.78 is 1.91. The van der Waals surface area contributed by atoms with Crippen molar-refractivity contribution in [2.75, 3.05) is 5.73 Å². The Labute approximate surface area is 95.9 Å². The van der Waals surface area contributed by atoms with Gasteiger partial charge < -0.3 is 5.73 Å². The van der Waals surface area contributed by atoms with E-state index in [-0.39, 0.29) is 0 Å². The molecule has 0 saturated carbocycles. The lowest BCUT2D eigenvalue weighted by Gasteiger charge is -2.08. The maximum absolute atomic E-state index is 5.94. The molecule has 0 aliphatic heterocycles. The third-order valence-corrected chi connectivity index (χ3v) is 3.15. The largest absolute Gasteiger partial charge is 0.398 e. The number of nitrogens with two attached hydrogens (primary N) is 1. The molecule has 1 aromatic carbocycles. The van der Waals surface area contributed by atoms with Crippen molar-refractivity contribution < 1.29 is 0 Å². The summed E-state index contributed by atoms with van der Waals surface area (Å²) in [4.78, 5) is 0. The van der Waals surface area contributed by atoms with Gasteiger partial charge in [0.1, 0.15) is 0 Å². The van der Waals surface area contributed by atoms with Gasteiger partial charge in [-0.15, -0.1) is 0 Å². The molecule has 2 N–H and O–H groups in total. The van der Waals surface area contributed by atoms with Crippen molar-refractivity contribution >= 4 is 5.69 Å². The van der Waals surface area contributed by atoms with Crippen molar-refractivity contribution in [3.8, 4) is 11.1 Å². The van der Waals surface area contributed by atoms with Crippen LogP contribution in [-0.4, -0.2) is 9.78 Å². The molecule has 0 fully saturated rings. The topological polar surface area (TPSA) is 43.8 Å². The summed E-state index contributed by atoms with van der Waals surface area (Å²) in [6, 6.07) is 6.02. The zero-order valence-corrected chi connectivity index (χ0v) is 10.2. The van der Waals surface area contributed by atoms with Crippen molar-refractivity contribution in [1.29, 1.82) is 0 Å². The smallest absolute Gasteiger partial charge is 0.0674 e. The van der Waals surface area contributed by atoms with Gasteiger partial charge in [0.2, 0.25) is 0 Å². The summed E-state index contributed by atoms with van der Waals surface area (Å²) in [6.07, 6.45) is 0. The fraction of sp³-hybridized carbons (Fsp3) is 0.308. The minimum absolute atomic E-state index is 0.833. The van der Waals surface area contributed by atoms with Crippen LogP contribution in [0.15, 0.2) is 18.2 Å². The molecule has 1 aromatic heterocycles. The first kappa shape index (κ1) is 10.7. The van der Waals surface area contributed by atoms with Gasteiger partial charge in [0.25, 0.3) is 0 Å². The van der Waals surface area contributed by atoms with Crippen molar-refractivity contribution in [1.82, 2.24) is 9.78 Å². The van der Waals surface area contributed by atoms with Gasteiger partial charge in [-0.3, -0.25) is 4.68 Å². The Kier molecular flexibility index (Phi) is 2.46. The molecule has 3 heteroatoms. The first-order valence-corrected chi connectivity index (χ1v) is 5.38. The lowest BCUT2D eigenvalue weighted by molar-refractivity contribution is 0.731. The van der Waals surface area contributed by atoms with Crippen LogP contribution in [0.4, 0.5) is 5.69 Å². The number of hydrogen-bond acceptors (Lipinski definition) is 2. The molecule has 0 unspecified atom stereocenters. The molecule has 0 spiro atoms. The van der Waals surface area contributed by atoms with Crippen LogP contribution in [-0.2, 0) is 7.05 Å². The molecule has 3 nitrogen and oxygen atoms in total. The van der Waals surface area contributed by atoms with E-state index in [0.717, 1.165) is 16.9 Å². The Morgan fingerprint density at radius 3 is 2.44 bits per heavy atom. The second kappa shape index (κ2) is 3.67. The predicted molar refractivity (Wildman–Crippen MR) is 67.3 cm³/mol. The summed E-state index contributed by atoms with van der Waals surface area (Å²) in [5.41, 5.74) is 12.5. The van der Waals surface area contributed by atoms with Crippen molar-refractivity contribution in [3.63, 3.8) is 0 Å². The van der Waals surface area contributed by atoms with E-state index in [1.807, 2.05) is 30.8 Å². The third-order valence-electron chi connectivity index (χ3n) is 3.15. The van der Waals surface area contributed by atoms with Gasteiger partial charge in [0, 0.05) is 24.0 Å². The lowest BCUT2D eigenvalue weighted by Crippen LogP contribution is -1.95. The summed E-state index contributed by atoms with van der Waals surface area (Å²) >= 11 is 0. The highest BCUT2D eigenvalue weighted by molar-refractivity contribution is 5.75. The highest BCUT2D eigenvalue weighted by atomic mass is 15.3. The highest BCUT2D eigenvalue weighted by Crippen LogP contribution is 2.31. The Bertz CT molecular complexity index is 538. The van der Waals surface area contributed by atoms with E-state index in [4.69, 9.17) is 5.73 Å². The summed E-state index contributed by atoms with van der Waals surface area (Å²) in [5, 5.41) is 4.43. The molecule has 0 bridgehead atoms. The quantitative estimate of drug-likeness (QED) is 0.743. The number of rotatable bonds is 1. The molecular weight excluding hydrogens is 198 g/mol. The molecule has 0 aliphatic rings. The van der Waals surface area contributed by atoms with Crippen LogP contribution in [0.25, 0.3) is 11.1 Å². The van der Waals surface area contributed by atoms with Gasteiger partial charge >= 0.3 is 0 Å². The molecule has 2 rings (SSSR count). The minimum atomic E-state index is 0.833. The van der Waals surface area contributed by atoms with Crippen molar-refractivity contribution in [2.24, 2.45) is 7.05 Å². The average Bonchev–Trinajstić information content (AvgIpc) is 2.47. The fourth-order valence-electron chi connectivity index (χ4n) is 2.09. The summed E-state index contributed by atoms with van der Waals surface area (Å²) in [5.74, 6) is 0. The van der Waals surface area contributed by atoms with Crippen molar-refractivity contribution in [3.05, 3.63) is 35.2 Å². The molecule has 0 aliphatic carbocycles. The number of hydrogen-bond donors (Lipinski definition) is 1. The number of nitrogen functional groups attached to an aromatic ring is 1. The van der Waals surface area contributed by atoms with Gasteiger partial charge in [0.05, 0.1) is 5.69 Å². The average molecular weight is 215 g/mol. The first-order valence-electron chi connectivity index (χ1n) is 5.38. The van der Waals surface area contributed by atoms with E-state index >= 15 is 0 Å². The number of nitrogens with zero attached hydrogens (tertiary/aromatic N) is 2. The summed E-state index contributed by atoms with van der Waals surface area (Å²) in [6.45, 7) is 6.17. The molecule has 0 radical (unpaired) electrons. The van der Waals surface area contributed by atoms with Crippen LogP contribution in [0.3, 0.4) is 0 Å². The lowest BCUT2D eigenvalue weighted by atomic mass is 9.98. The van der Waals surface area contributed by atoms with Crippen LogP contribution < -0.4 is 5.73 Å². The standard InChI is InChI=1S/C13H17N3/c1-8-11(6-5-7-12(8)14)13-9(2)15-16(4)10(13)3/h5-7H,14H2,1-4H3. The maximum Gasteiger partial charge on any atom is 0.0674 e. The predicted octanol–water partition coefficient (Wildman–Crippen LogP) is 2.59. The molecule has 0 saturated heterocycles. The van der Waals surface area contributed by atoms with Gasteiger partial charge in [-0.05, 0) is 38.0 Å². The van der Waals surface area contributed by atoms with Crippen molar-refractivity contribution in [2.45, 2.75) is 20.8 Å². The SMILES string of the molecule is Cc1nn(C)c(C)c1-c1cccc(N)c1C. The van der Waals surface area contributed by atoms with Gasteiger partial charge in [0.15, 0.2) is 0 Å². The van der Waals surface area contributed by atoms with E-state index in [2.05, 4.69) is 25.0 Å². The number of anilines is 1. The number of aromatic nitrogens is 2. The van der Waals surface area contributed by atoms with E-state index < -0.39 is 0 Å². The molecule has 0 amide bonds. The van der Waals surface area contributed by atoms with E-state index in [0.29, 0.717) is 0 Å². The Balaban J connectivity index is 2.72. The summed E-state index contributed by atoms with van der Waals surface area (Å²) in [7, 11) is 1.97. The Morgan fingerprint density at radius 1 is 1.19 bits per heavy atom. The molecular formula is C13H17N3. The fourth-order valence-corrected chi connectivity index (χ4v) is 2.09. The second-order valence-electron chi connectivity index (χ2n) is 4.19. The second-order valence-corrected chi connectivity index (χ2v) is 4.19. The zero-order valence-electron chi connectivity index (χ0n) is 10.2. The maximum atomic E-state index is 5.94. The molecule has 2 aromatic rings. The highest BCUT2D eigenvalue weighted by Gasteiger charge is 2.13. The molecule has 16 heavy (non-hydrogen) atoms. The first-order chi connectivity index (χ1) is 7.52. The van der Waals surface area contributed by atoms with Crippen LogP contribution in [0.5, 0.6) is 0 Å². The van der Waals surface area contributed by atoms with Gasteiger partial charge in [-0.1, -0.05) is 12.1 Å². The van der Waals surface area contributed by atoms with Crippen LogP contribution in [0, 0.1) is 20.8 Å².